The number of nitrogens with one attached hydrogen (secondary N) is 2. The molecule has 1 fully saturated rings. The third-order valence-electron chi connectivity index (χ3n) is 3.43. The molecule has 2 heterocycles. The average molecular weight is 263 g/mol. The molecule has 1 saturated heterocycles. The molecule has 0 radical (unpaired) electrons. The second-order valence-corrected chi connectivity index (χ2v) is 4.82. The number of nitrogens with zero attached hydrogens (tertiary/aromatic N) is 1. The summed E-state index contributed by atoms with van der Waals surface area (Å²) in [7, 11) is 0. The second kappa shape index (κ2) is 6.63. The van der Waals surface area contributed by atoms with Gasteiger partial charge in [0.2, 0.25) is 5.91 Å². The Labute approximate surface area is 113 Å². The highest BCUT2D eigenvalue weighted by Crippen LogP contribution is 2.17. The number of ether oxygens (including phenoxy) is 1. The number of hydrogen-bond donors (Lipinski definition) is 2. The molecule has 1 aliphatic heterocycles. The van der Waals surface area contributed by atoms with Crippen molar-refractivity contribution >= 4 is 5.91 Å². The number of aromatic nitrogens is 1. The van der Waals surface area contributed by atoms with Crippen LogP contribution in [-0.4, -0.2) is 36.7 Å². The van der Waals surface area contributed by atoms with Crippen molar-refractivity contribution in [1.29, 1.82) is 0 Å². The van der Waals surface area contributed by atoms with E-state index in [1.807, 2.05) is 26.0 Å². The van der Waals surface area contributed by atoms with Gasteiger partial charge in [0.05, 0.1) is 25.2 Å². The van der Waals surface area contributed by atoms with E-state index < -0.39 is 0 Å². The van der Waals surface area contributed by atoms with Crippen molar-refractivity contribution in [1.82, 2.24) is 15.6 Å². The first-order valence-electron chi connectivity index (χ1n) is 6.73. The molecule has 2 unspecified atom stereocenters. The average Bonchev–Trinajstić information content (AvgIpc) is 2.88. The molecule has 3 atom stereocenters. The van der Waals surface area contributed by atoms with E-state index in [0.29, 0.717) is 13.2 Å². The first-order valence-corrected chi connectivity index (χ1v) is 6.73. The van der Waals surface area contributed by atoms with Gasteiger partial charge in [-0.15, -0.1) is 0 Å². The van der Waals surface area contributed by atoms with E-state index in [1.165, 1.54) is 0 Å². The van der Waals surface area contributed by atoms with Crippen LogP contribution in [0.25, 0.3) is 0 Å². The van der Waals surface area contributed by atoms with Gasteiger partial charge in [0.1, 0.15) is 0 Å². The van der Waals surface area contributed by atoms with Crippen LogP contribution in [0, 0.1) is 5.92 Å². The van der Waals surface area contributed by atoms with Crippen LogP contribution < -0.4 is 10.6 Å². The van der Waals surface area contributed by atoms with Gasteiger partial charge in [-0.2, -0.15) is 0 Å². The number of amides is 1. The predicted molar refractivity (Wildman–Crippen MR) is 72.6 cm³/mol. The number of pyridine rings is 1. The van der Waals surface area contributed by atoms with Crippen LogP contribution >= 0.6 is 0 Å². The van der Waals surface area contributed by atoms with E-state index >= 15 is 0 Å². The van der Waals surface area contributed by atoms with Crippen molar-refractivity contribution in [2.24, 2.45) is 5.92 Å². The minimum absolute atomic E-state index is 0.0379. The van der Waals surface area contributed by atoms with E-state index in [-0.39, 0.29) is 23.9 Å². The SMILES string of the molecule is CCNC1COCC1C(=O)N[C@@H](C)c1cccnc1. The summed E-state index contributed by atoms with van der Waals surface area (Å²) in [6.45, 7) is 5.94. The molecular formula is C14H21N3O2. The van der Waals surface area contributed by atoms with Crippen molar-refractivity contribution in [2.45, 2.75) is 25.9 Å². The molecule has 0 bridgehead atoms. The summed E-state index contributed by atoms with van der Waals surface area (Å²) in [5.41, 5.74) is 1.01. The lowest BCUT2D eigenvalue weighted by Gasteiger charge is -2.21. The Morgan fingerprint density at radius 3 is 3.11 bits per heavy atom. The third kappa shape index (κ3) is 3.52. The molecule has 1 aromatic heterocycles. The highest BCUT2D eigenvalue weighted by Gasteiger charge is 2.33. The van der Waals surface area contributed by atoms with Crippen LogP contribution in [0.3, 0.4) is 0 Å². The summed E-state index contributed by atoms with van der Waals surface area (Å²) in [4.78, 5) is 16.3. The van der Waals surface area contributed by atoms with Gasteiger partial charge in [-0.25, -0.2) is 0 Å². The van der Waals surface area contributed by atoms with E-state index in [0.717, 1.165) is 12.1 Å². The van der Waals surface area contributed by atoms with Crippen LogP contribution in [0.2, 0.25) is 0 Å². The fraction of sp³-hybridized carbons (Fsp3) is 0.571. The molecule has 5 heteroatoms. The fourth-order valence-corrected chi connectivity index (χ4v) is 2.31. The van der Waals surface area contributed by atoms with E-state index in [1.54, 1.807) is 12.4 Å². The zero-order valence-electron chi connectivity index (χ0n) is 11.4. The Hall–Kier alpha value is -1.46. The summed E-state index contributed by atoms with van der Waals surface area (Å²) < 4.78 is 5.40. The number of hydrogen-bond acceptors (Lipinski definition) is 4. The van der Waals surface area contributed by atoms with Crippen LogP contribution in [0.15, 0.2) is 24.5 Å². The standard InChI is InChI=1S/C14H21N3O2/c1-3-16-13-9-19-8-12(13)14(18)17-10(2)11-5-4-6-15-7-11/h4-7,10,12-13,16H,3,8-9H2,1-2H3,(H,17,18)/t10-,12?,13?/m0/s1. The lowest BCUT2D eigenvalue weighted by atomic mass is 10.0. The zero-order chi connectivity index (χ0) is 13.7. The Bertz CT molecular complexity index is 410. The van der Waals surface area contributed by atoms with Gasteiger partial charge in [0.15, 0.2) is 0 Å². The predicted octanol–water partition coefficient (Wildman–Crippen LogP) is 0.883. The minimum Gasteiger partial charge on any atom is -0.379 e. The number of likely N-dealkylation sites (N-methyl/N-ethyl adjacent to an activating group) is 1. The van der Waals surface area contributed by atoms with E-state index in [9.17, 15) is 4.79 Å². The Balaban J connectivity index is 1.93. The van der Waals surface area contributed by atoms with Gasteiger partial charge in [-0.05, 0) is 25.1 Å². The molecule has 5 nitrogen and oxygen atoms in total. The molecule has 2 N–H and O–H groups in total. The summed E-state index contributed by atoms with van der Waals surface area (Å²) >= 11 is 0. The van der Waals surface area contributed by atoms with Crippen LogP contribution in [0.4, 0.5) is 0 Å². The van der Waals surface area contributed by atoms with Crippen LogP contribution in [-0.2, 0) is 9.53 Å². The number of carbonyl (C=O) groups is 1. The lowest BCUT2D eigenvalue weighted by Crippen LogP contribution is -2.44. The molecule has 1 amide bonds. The normalized spacial score (nSPS) is 24.1. The van der Waals surface area contributed by atoms with Crippen molar-refractivity contribution < 1.29 is 9.53 Å². The first-order chi connectivity index (χ1) is 9.22. The molecule has 0 aliphatic carbocycles. The molecule has 0 aromatic carbocycles. The maximum Gasteiger partial charge on any atom is 0.227 e. The molecule has 2 rings (SSSR count). The summed E-state index contributed by atoms with van der Waals surface area (Å²) in [6, 6.07) is 3.92. The quantitative estimate of drug-likeness (QED) is 0.828. The van der Waals surface area contributed by atoms with E-state index in [4.69, 9.17) is 4.74 Å². The van der Waals surface area contributed by atoms with Gasteiger partial charge in [0.25, 0.3) is 0 Å². The molecule has 0 spiro atoms. The van der Waals surface area contributed by atoms with Gasteiger partial charge >= 0.3 is 0 Å². The monoisotopic (exact) mass is 263 g/mol. The van der Waals surface area contributed by atoms with Crippen molar-refractivity contribution in [3.8, 4) is 0 Å². The van der Waals surface area contributed by atoms with Crippen LogP contribution in [0.5, 0.6) is 0 Å². The maximum absolute atomic E-state index is 12.3. The highest BCUT2D eigenvalue weighted by atomic mass is 16.5. The first kappa shape index (κ1) is 14.0. The van der Waals surface area contributed by atoms with Gasteiger partial charge in [0, 0.05) is 18.4 Å². The molecule has 1 aliphatic rings. The Kier molecular flexibility index (Phi) is 4.87. The number of rotatable bonds is 5. The topological polar surface area (TPSA) is 63.2 Å². The smallest absolute Gasteiger partial charge is 0.227 e. The molecule has 0 saturated carbocycles. The third-order valence-corrected chi connectivity index (χ3v) is 3.43. The molecular weight excluding hydrogens is 242 g/mol. The largest absolute Gasteiger partial charge is 0.379 e. The lowest BCUT2D eigenvalue weighted by molar-refractivity contribution is -0.126. The summed E-state index contributed by atoms with van der Waals surface area (Å²) in [5, 5.41) is 6.32. The van der Waals surface area contributed by atoms with E-state index in [2.05, 4.69) is 15.6 Å². The minimum atomic E-state index is -0.112. The molecule has 104 valence electrons. The summed E-state index contributed by atoms with van der Waals surface area (Å²) in [5.74, 6) is -0.0705. The van der Waals surface area contributed by atoms with Crippen molar-refractivity contribution in [2.75, 3.05) is 19.8 Å². The van der Waals surface area contributed by atoms with Gasteiger partial charge in [-0.1, -0.05) is 13.0 Å². The fourth-order valence-electron chi connectivity index (χ4n) is 2.31. The molecule has 1 aromatic rings. The Morgan fingerprint density at radius 2 is 2.42 bits per heavy atom. The maximum atomic E-state index is 12.3. The van der Waals surface area contributed by atoms with Crippen molar-refractivity contribution in [3.05, 3.63) is 30.1 Å². The zero-order valence-corrected chi connectivity index (χ0v) is 11.4. The summed E-state index contributed by atoms with van der Waals surface area (Å²) in [6.07, 6.45) is 3.50. The number of carbonyl (C=O) groups excluding carboxylic acids is 1. The highest BCUT2D eigenvalue weighted by molar-refractivity contribution is 5.80. The van der Waals surface area contributed by atoms with Gasteiger partial charge in [-0.3, -0.25) is 9.78 Å². The van der Waals surface area contributed by atoms with Crippen molar-refractivity contribution in [3.63, 3.8) is 0 Å². The second-order valence-electron chi connectivity index (χ2n) is 4.82. The van der Waals surface area contributed by atoms with Gasteiger partial charge < -0.3 is 15.4 Å². The Morgan fingerprint density at radius 1 is 1.58 bits per heavy atom. The van der Waals surface area contributed by atoms with Crippen LogP contribution in [0.1, 0.15) is 25.5 Å². The molecule has 19 heavy (non-hydrogen) atoms.